The van der Waals surface area contributed by atoms with Crippen molar-refractivity contribution in [2.75, 3.05) is 0 Å². The van der Waals surface area contributed by atoms with E-state index in [1.165, 1.54) is 12.1 Å². The van der Waals surface area contributed by atoms with Crippen LogP contribution in [0, 0.1) is 10.1 Å². The molecule has 0 spiro atoms. The van der Waals surface area contributed by atoms with Crippen molar-refractivity contribution in [3.05, 3.63) is 39.9 Å². The molecule has 0 bridgehead atoms. The zero-order valence-corrected chi connectivity index (χ0v) is 12.5. The maximum Gasteiger partial charge on any atom is 0.269 e. The topological polar surface area (TPSA) is 43.1 Å². The summed E-state index contributed by atoms with van der Waals surface area (Å²) in [5, 5.41) is 10.5. The highest BCUT2D eigenvalue weighted by atomic mass is 79.9. The Labute approximate surface area is 112 Å². The van der Waals surface area contributed by atoms with Crippen LogP contribution in [0.1, 0.15) is 26.3 Å². The average Bonchev–Trinajstić information content (AvgIpc) is 2.16. The number of rotatable bonds is 3. The van der Waals surface area contributed by atoms with Gasteiger partial charge in [0.05, 0.1) is 9.25 Å². The van der Waals surface area contributed by atoms with Crippen LogP contribution in [0.15, 0.2) is 24.3 Å². The van der Waals surface area contributed by atoms with Gasteiger partial charge in [0.25, 0.3) is 5.69 Å². The van der Waals surface area contributed by atoms with Crippen molar-refractivity contribution >= 4 is 37.5 Å². The Balaban J connectivity index is 3.11. The number of non-ortho nitro benzene ring substituents is 1. The minimum Gasteiger partial charge on any atom is -0.258 e. The Morgan fingerprint density at radius 2 is 1.56 bits per heavy atom. The Morgan fingerprint density at radius 1 is 1.12 bits per heavy atom. The summed E-state index contributed by atoms with van der Waals surface area (Å²) >= 11 is 7.26. The molecule has 0 N–H and O–H groups in total. The summed E-state index contributed by atoms with van der Waals surface area (Å²) < 4.78 is -0.439. The fourth-order valence-electron chi connectivity index (χ4n) is 1.24. The molecule has 1 aromatic rings. The van der Waals surface area contributed by atoms with Gasteiger partial charge >= 0.3 is 0 Å². The summed E-state index contributed by atoms with van der Waals surface area (Å²) in [6, 6.07) is 6.59. The van der Waals surface area contributed by atoms with E-state index in [2.05, 4.69) is 31.9 Å². The summed E-state index contributed by atoms with van der Waals surface area (Å²) in [5.74, 6) is 0. The number of halogens is 2. The van der Waals surface area contributed by atoms with Crippen molar-refractivity contribution in [2.45, 2.75) is 29.4 Å². The van der Waals surface area contributed by atoms with Crippen molar-refractivity contribution in [1.82, 2.24) is 0 Å². The van der Waals surface area contributed by atoms with Gasteiger partial charge < -0.3 is 0 Å². The van der Waals surface area contributed by atoms with Crippen molar-refractivity contribution in [1.29, 1.82) is 0 Å². The van der Waals surface area contributed by atoms with Crippen LogP contribution < -0.4 is 0 Å². The van der Waals surface area contributed by atoms with Gasteiger partial charge in [-0.25, -0.2) is 0 Å². The third-order valence-electron chi connectivity index (χ3n) is 2.74. The molecule has 16 heavy (non-hydrogen) atoms. The number of benzene rings is 1. The summed E-state index contributed by atoms with van der Waals surface area (Å²) in [6.07, 6.45) is 0. The predicted octanol–water partition coefficient (Wildman–Crippen LogP) is 4.38. The van der Waals surface area contributed by atoms with E-state index in [9.17, 15) is 10.1 Å². The normalized spacial score (nSPS) is 15.6. The minimum atomic E-state index is -0.394. The molecule has 1 atom stereocenters. The summed E-state index contributed by atoms with van der Waals surface area (Å²) in [5.41, 5.74) is 1.11. The van der Waals surface area contributed by atoms with Gasteiger partial charge in [-0.3, -0.25) is 10.1 Å². The van der Waals surface area contributed by atoms with E-state index < -0.39 is 4.92 Å². The lowest BCUT2D eigenvalue weighted by molar-refractivity contribution is -0.384. The number of nitro groups is 1. The van der Waals surface area contributed by atoms with E-state index in [1.807, 2.05) is 20.8 Å². The number of alkyl halides is 2. The number of nitro benzene ring substituents is 1. The molecule has 0 saturated heterocycles. The van der Waals surface area contributed by atoms with Crippen LogP contribution in [0.3, 0.4) is 0 Å². The van der Waals surface area contributed by atoms with Crippen LogP contribution in [0.4, 0.5) is 5.69 Å². The van der Waals surface area contributed by atoms with Crippen LogP contribution in [-0.4, -0.2) is 9.25 Å². The molecule has 5 heteroatoms. The molecule has 0 saturated carbocycles. The quantitative estimate of drug-likeness (QED) is 0.461. The maximum atomic E-state index is 10.5. The maximum absolute atomic E-state index is 10.5. The lowest BCUT2D eigenvalue weighted by Crippen LogP contribution is -2.34. The smallest absolute Gasteiger partial charge is 0.258 e. The van der Waals surface area contributed by atoms with Crippen molar-refractivity contribution in [2.24, 2.45) is 0 Å². The first-order valence-corrected chi connectivity index (χ1v) is 6.37. The molecule has 0 radical (unpaired) electrons. The first-order valence-electron chi connectivity index (χ1n) is 4.79. The second-order valence-electron chi connectivity index (χ2n) is 4.28. The molecule has 0 fully saturated rings. The van der Waals surface area contributed by atoms with Crippen molar-refractivity contribution < 1.29 is 4.92 Å². The fraction of sp³-hybridized carbons (Fsp3) is 0.455. The highest BCUT2D eigenvalue weighted by Gasteiger charge is 2.38. The first kappa shape index (κ1) is 13.6. The van der Waals surface area contributed by atoms with E-state index in [0.29, 0.717) is 0 Å². The number of hydrogen-bond donors (Lipinski definition) is 0. The Hall–Kier alpha value is -0.420. The second-order valence-corrected chi connectivity index (χ2v) is 7.85. The van der Waals surface area contributed by atoms with Gasteiger partial charge in [-0.15, -0.1) is 0 Å². The Morgan fingerprint density at radius 3 is 1.88 bits per heavy atom. The first-order chi connectivity index (χ1) is 7.16. The van der Waals surface area contributed by atoms with Crippen LogP contribution in [0.5, 0.6) is 0 Å². The van der Waals surface area contributed by atoms with Gasteiger partial charge in [0.2, 0.25) is 0 Å². The molecule has 0 aromatic heterocycles. The van der Waals surface area contributed by atoms with Crippen LogP contribution in [-0.2, 0) is 4.32 Å². The van der Waals surface area contributed by atoms with E-state index in [1.54, 1.807) is 12.1 Å². The fourth-order valence-corrected chi connectivity index (χ4v) is 1.73. The molecule has 3 nitrogen and oxygen atoms in total. The Bertz CT molecular complexity index is 393. The third kappa shape index (κ3) is 2.63. The van der Waals surface area contributed by atoms with E-state index in [0.717, 1.165) is 5.56 Å². The van der Waals surface area contributed by atoms with E-state index in [-0.39, 0.29) is 14.3 Å². The number of nitrogens with zero attached hydrogens (tertiary/aromatic N) is 1. The third-order valence-corrected chi connectivity index (χ3v) is 5.51. The zero-order valence-electron chi connectivity index (χ0n) is 9.33. The predicted molar refractivity (Wildman–Crippen MR) is 72.4 cm³/mol. The zero-order chi connectivity index (χ0) is 12.6. The van der Waals surface area contributed by atoms with Crippen LogP contribution >= 0.6 is 31.9 Å². The lowest BCUT2D eigenvalue weighted by atomic mass is 9.90. The molecule has 88 valence electrons. The van der Waals surface area contributed by atoms with Gasteiger partial charge in [-0.1, -0.05) is 44.0 Å². The molecular formula is C11H13Br2NO2. The van der Waals surface area contributed by atoms with Crippen molar-refractivity contribution in [3.63, 3.8) is 0 Å². The van der Waals surface area contributed by atoms with Gasteiger partial charge in [-0.2, -0.15) is 0 Å². The van der Waals surface area contributed by atoms with Gasteiger partial charge in [0, 0.05) is 16.5 Å². The van der Waals surface area contributed by atoms with Crippen molar-refractivity contribution in [3.8, 4) is 0 Å². The monoisotopic (exact) mass is 349 g/mol. The highest BCUT2D eigenvalue weighted by molar-refractivity contribution is 9.12. The van der Waals surface area contributed by atoms with Gasteiger partial charge in [0.15, 0.2) is 0 Å². The highest BCUT2D eigenvalue weighted by Crippen LogP contribution is 2.46. The van der Waals surface area contributed by atoms with E-state index in [4.69, 9.17) is 0 Å². The van der Waals surface area contributed by atoms with E-state index >= 15 is 0 Å². The summed E-state index contributed by atoms with van der Waals surface area (Å²) in [4.78, 5) is 10.1. The molecule has 1 rings (SSSR count). The standard InChI is InChI=1S/C11H13Br2NO2/c1-10(2,12)11(3,13)8-4-6-9(7-5-8)14(15)16/h4-7H,1-3H3. The summed E-state index contributed by atoms with van der Waals surface area (Å²) in [6.45, 7) is 6.12. The van der Waals surface area contributed by atoms with Gasteiger partial charge in [0.1, 0.15) is 0 Å². The largest absolute Gasteiger partial charge is 0.269 e. The second kappa shape index (κ2) is 4.45. The molecule has 1 unspecified atom stereocenters. The molecule has 0 aliphatic carbocycles. The molecule has 0 heterocycles. The van der Waals surface area contributed by atoms with Crippen LogP contribution in [0.25, 0.3) is 0 Å². The SMILES string of the molecule is CC(C)(Br)C(C)(Br)c1ccc([N+](=O)[O-])cc1. The number of hydrogen-bond acceptors (Lipinski definition) is 2. The molecule has 1 aromatic carbocycles. The molecule has 0 aliphatic rings. The summed E-state index contributed by atoms with van der Waals surface area (Å²) in [7, 11) is 0. The van der Waals surface area contributed by atoms with Gasteiger partial charge in [-0.05, 0) is 26.3 Å². The minimum absolute atomic E-state index is 0.111. The lowest BCUT2D eigenvalue weighted by Gasteiger charge is -2.35. The Kier molecular flexibility index (Phi) is 3.80. The molecule has 0 aliphatic heterocycles. The molecule has 0 amide bonds. The molecular weight excluding hydrogens is 338 g/mol. The van der Waals surface area contributed by atoms with Crippen LogP contribution in [0.2, 0.25) is 0 Å². The average molecular weight is 351 g/mol.